The first-order valence-corrected chi connectivity index (χ1v) is 7.81. The third kappa shape index (κ3) is 2.82. The zero-order chi connectivity index (χ0) is 15.0. The smallest absolute Gasteiger partial charge is 0.224 e. The topological polar surface area (TPSA) is 46.3 Å². The van der Waals surface area contributed by atoms with Crippen LogP contribution in [0.5, 0.6) is 0 Å². The van der Waals surface area contributed by atoms with E-state index in [4.69, 9.17) is 5.73 Å². The molecule has 3 nitrogen and oxygen atoms in total. The molecule has 1 saturated carbocycles. The summed E-state index contributed by atoms with van der Waals surface area (Å²) in [5.74, 6) is 0.254. The predicted molar refractivity (Wildman–Crippen MR) is 80.0 cm³/mol. The van der Waals surface area contributed by atoms with Gasteiger partial charge in [-0.3, -0.25) is 4.79 Å². The van der Waals surface area contributed by atoms with Crippen LogP contribution in [-0.2, 0) is 4.79 Å². The third-order valence-electron chi connectivity index (χ3n) is 4.95. The number of amides is 1. The van der Waals surface area contributed by atoms with Gasteiger partial charge in [0, 0.05) is 24.1 Å². The molecule has 3 rings (SSSR count). The van der Waals surface area contributed by atoms with Gasteiger partial charge < -0.3 is 10.6 Å². The van der Waals surface area contributed by atoms with Gasteiger partial charge in [0.15, 0.2) is 0 Å². The Kier molecular flexibility index (Phi) is 3.74. The van der Waals surface area contributed by atoms with Gasteiger partial charge in [-0.15, -0.1) is 0 Å². The lowest BCUT2D eigenvalue weighted by Gasteiger charge is -2.39. The summed E-state index contributed by atoms with van der Waals surface area (Å²) in [6.07, 6.45) is 4.17. The van der Waals surface area contributed by atoms with E-state index < -0.39 is 0 Å². The Morgan fingerprint density at radius 2 is 2.14 bits per heavy atom. The zero-order valence-electron chi connectivity index (χ0n) is 12.5. The van der Waals surface area contributed by atoms with Crippen molar-refractivity contribution in [1.29, 1.82) is 0 Å². The molecule has 2 N–H and O–H groups in total. The summed E-state index contributed by atoms with van der Waals surface area (Å²) >= 11 is 0. The molecule has 4 heteroatoms. The van der Waals surface area contributed by atoms with Crippen LogP contribution in [0.3, 0.4) is 0 Å². The van der Waals surface area contributed by atoms with Crippen molar-refractivity contribution in [3.05, 3.63) is 35.6 Å². The van der Waals surface area contributed by atoms with Crippen molar-refractivity contribution in [2.24, 2.45) is 11.7 Å². The number of nitrogens with two attached hydrogens (primary N) is 1. The molecule has 2 fully saturated rings. The second-order valence-corrected chi connectivity index (χ2v) is 6.82. The van der Waals surface area contributed by atoms with Crippen molar-refractivity contribution < 1.29 is 9.18 Å². The fourth-order valence-corrected chi connectivity index (χ4v) is 3.57. The van der Waals surface area contributed by atoms with Crippen LogP contribution in [0.4, 0.5) is 4.39 Å². The molecule has 0 aromatic heterocycles. The number of halogens is 1. The van der Waals surface area contributed by atoms with E-state index in [2.05, 4.69) is 6.92 Å². The number of rotatable bonds is 3. The van der Waals surface area contributed by atoms with Gasteiger partial charge in [-0.05, 0) is 37.7 Å². The molecule has 0 spiro atoms. The van der Waals surface area contributed by atoms with Crippen molar-refractivity contribution in [3.63, 3.8) is 0 Å². The van der Waals surface area contributed by atoms with Crippen molar-refractivity contribution in [1.82, 2.24) is 4.90 Å². The second-order valence-electron chi connectivity index (χ2n) is 6.82. The van der Waals surface area contributed by atoms with Gasteiger partial charge in [-0.25, -0.2) is 4.39 Å². The lowest BCUT2D eigenvalue weighted by Crippen LogP contribution is -2.50. The zero-order valence-corrected chi connectivity index (χ0v) is 12.5. The van der Waals surface area contributed by atoms with E-state index in [1.165, 1.54) is 6.07 Å². The first-order chi connectivity index (χ1) is 9.98. The summed E-state index contributed by atoms with van der Waals surface area (Å²) in [5, 5.41) is 0. The van der Waals surface area contributed by atoms with Gasteiger partial charge >= 0.3 is 0 Å². The molecular weight excluding hydrogens is 267 g/mol. The van der Waals surface area contributed by atoms with Crippen LogP contribution < -0.4 is 5.73 Å². The lowest BCUT2D eigenvalue weighted by molar-refractivity contribution is -0.134. The number of carbonyl (C=O) groups excluding carboxylic acids is 1. The molecule has 2 aliphatic rings. The first-order valence-electron chi connectivity index (χ1n) is 7.81. The minimum absolute atomic E-state index is 0.0785. The SMILES string of the molecule is C[C@@H]1C[C@@H](c2ccccc2F)N(C(=O)CC2(N)CCC2)C1. The minimum Gasteiger partial charge on any atom is -0.335 e. The van der Waals surface area contributed by atoms with E-state index in [1.807, 2.05) is 11.0 Å². The minimum atomic E-state index is -0.317. The Morgan fingerprint density at radius 3 is 2.76 bits per heavy atom. The van der Waals surface area contributed by atoms with E-state index in [0.29, 0.717) is 24.4 Å². The van der Waals surface area contributed by atoms with Crippen molar-refractivity contribution in [2.45, 2.75) is 50.6 Å². The first kappa shape index (κ1) is 14.5. The fourth-order valence-electron chi connectivity index (χ4n) is 3.57. The molecule has 1 heterocycles. The van der Waals surface area contributed by atoms with E-state index >= 15 is 0 Å². The molecule has 21 heavy (non-hydrogen) atoms. The quantitative estimate of drug-likeness (QED) is 0.930. The highest BCUT2D eigenvalue weighted by atomic mass is 19.1. The molecule has 1 aliphatic carbocycles. The summed E-state index contributed by atoms with van der Waals surface area (Å²) in [6.45, 7) is 2.82. The average Bonchev–Trinajstić information content (AvgIpc) is 2.79. The highest BCUT2D eigenvalue weighted by Crippen LogP contribution is 2.39. The number of carbonyl (C=O) groups is 1. The average molecular weight is 290 g/mol. The number of likely N-dealkylation sites (tertiary alicyclic amines) is 1. The van der Waals surface area contributed by atoms with Gasteiger partial charge in [0.05, 0.1) is 6.04 Å². The van der Waals surface area contributed by atoms with Crippen molar-refractivity contribution >= 4 is 5.91 Å². The Hall–Kier alpha value is -1.42. The molecule has 114 valence electrons. The molecule has 1 aliphatic heterocycles. The highest BCUT2D eigenvalue weighted by Gasteiger charge is 2.40. The van der Waals surface area contributed by atoms with Gasteiger partial charge in [0.25, 0.3) is 0 Å². The predicted octanol–water partition coefficient (Wildman–Crippen LogP) is 3.01. The van der Waals surface area contributed by atoms with Gasteiger partial charge in [0.1, 0.15) is 5.82 Å². The standard InChI is InChI=1S/C17H23FN2O/c1-12-9-15(13-5-2-3-6-14(13)18)20(11-12)16(21)10-17(19)7-4-8-17/h2-3,5-6,12,15H,4,7-11,19H2,1H3/t12-,15+/m1/s1. The summed E-state index contributed by atoms with van der Waals surface area (Å²) in [7, 11) is 0. The van der Waals surface area contributed by atoms with Crippen LogP contribution in [0.2, 0.25) is 0 Å². The highest BCUT2D eigenvalue weighted by molar-refractivity contribution is 5.78. The Bertz CT molecular complexity index is 541. The molecule has 0 radical (unpaired) electrons. The third-order valence-corrected chi connectivity index (χ3v) is 4.95. The van der Waals surface area contributed by atoms with Gasteiger partial charge in [-0.2, -0.15) is 0 Å². The van der Waals surface area contributed by atoms with Crippen LogP contribution in [0.15, 0.2) is 24.3 Å². The number of hydrogen-bond acceptors (Lipinski definition) is 2. The van der Waals surface area contributed by atoms with Crippen LogP contribution in [0, 0.1) is 11.7 Å². The van der Waals surface area contributed by atoms with E-state index in [9.17, 15) is 9.18 Å². The van der Waals surface area contributed by atoms with E-state index in [0.717, 1.165) is 25.7 Å². The van der Waals surface area contributed by atoms with Crippen molar-refractivity contribution in [2.75, 3.05) is 6.54 Å². The monoisotopic (exact) mass is 290 g/mol. The van der Waals surface area contributed by atoms with Crippen LogP contribution in [0.1, 0.15) is 50.6 Å². The molecule has 0 bridgehead atoms. The number of nitrogens with zero attached hydrogens (tertiary/aromatic N) is 1. The van der Waals surface area contributed by atoms with E-state index in [-0.39, 0.29) is 23.3 Å². The van der Waals surface area contributed by atoms with Crippen LogP contribution in [-0.4, -0.2) is 22.9 Å². The van der Waals surface area contributed by atoms with Crippen molar-refractivity contribution in [3.8, 4) is 0 Å². The Morgan fingerprint density at radius 1 is 1.43 bits per heavy atom. The molecule has 1 amide bonds. The number of hydrogen-bond donors (Lipinski definition) is 1. The normalized spacial score (nSPS) is 27.5. The molecule has 1 aromatic rings. The van der Waals surface area contributed by atoms with Crippen LogP contribution >= 0.6 is 0 Å². The van der Waals surface area contributed by atoms with E-state index in [1.54, 1.807) is 12.1 Å². The molecular formula is C17H23FN2O. The summed E-state index contributed by atoms with van der Waals surface area (Å²) in [6, 6.07) is 6.64. The van der Waals surface area contributed by atoms with Crippen LogP contribution in [0.25, 0.3) is 0 Å². The maximum Gasteiger partial charge on any atom is 0.224 e. The largest absolute Gasteiger partial charge is 0.335 e. The fraction of sp³-hybridized carbons (Fsp3) is 0.588. The maximum atomic E-state index is 14.1. The second kappa shape index (κ2) is 5.41. The Labute approximate surface area is 125 Å². The maximum absolute atomic E-state index is 14.1. The molecule has 0 unspecified atom stereocenters. The Balaban J connectivity index is 1.79. The van der Waals surface area contributed by atoms with Gasteiger partial charge in [-0.1, -0.05) is 25.1 Å². The lowest BCUT2D eigenvalue weighted by atomic mass is 9.75. The summed E-state index contributed by atoms with van der Waals surface area (Å²) < 4.78 is 14.1. The summed E-state index contributed by atoms with van der Waals surface area (Å²) in [4.78, 5) is 14.5. The molecule has 2 atom stereocenters. The summed E-state index contributed by atoms with van der Waals surface area (Å²) in [5.41, 5.74) is 6.52. The molecule has 1 saturated heterocycles. The van der Waals surface area contributed by atoms with Gasteiger partial charge in [0.2, 0.25) is 5.91 Å². The number of benzene rings is 1. The molecule has 1 aromatic carbocycles.